The lowest BCUT2D eigenvalue weighted by molar-refractivity contribution is -0.192. The first-order valence-corrected chi connectivity index (χ1v) is 19.2. The molecule has 2 aromatic rings. The number of nitrogens with one attached hydrogen (secondary N) is 4. The Hall–Kier alpha value is -3.52. The fourth-order valence-electron chi connectivity index (χ4n) is 5.98. The summed E-state index contributed by atoms with van der Waals surface area (Å²) in [5.41, 5.74) is 1.83. The molecule has 0 bridgehead atoms. The zero-order valence-electron chi connectivity index (χ0n) is 30.8. The molecule has 0 aliphatic carbocycles. The molecular weight excluding hydrogens is 708 g/mol. The van der Waals surface area contributed by atoms with Gasteiger partial charge in [0.05, 0.1) is 25.5 Å². The summed E-state index contributed by atoms with van der Waals surface area (Å²) in [5, 5.41) is 29.9. The first-order valence-electron chi connectivity index (χ1n) is 18.2. The standard InChI is InChI=1S/C35H56N8O9S/c1-42(2)29(17-26-7-9-30(44)10-8-26)19-38-35(47)37-12-11-28-20-43(41-40-28)14-16-49-23-51-25-52-24-50-22-48-15-13-36-32(45)6-4-3-5-31-34-27(21-53-31)18-33(46)39-34/h7-10,20,27,29,31,34,44H,3-6,11-19,21-25H2,1-2H3,(H,36,45)(H,39,46)(H2,37,38,47)/t27-,29-,31+,34-/m0/s1. The van der Waals surface area contributed by atoms with Crippen molar-refractivity contribution in [2.75, 3.05) is 79.9 Å². The first kappa shape index (κ1) is 42.2. The van der Waals surface area contributed by atoms with Gasteiger partial charge in [0.2, 0.25) is 11.8 Å². The molecule has 0 unspecified atom stereocenters. The van der Waals surface area contributed by atoms with Crippen LogP contribution < -0.4 is 21.3 Å². The maximum absolute atomic E-state index is 12.3. The average Bonchev–Trinajstić information content (AvgIpc) is 3.85. The molecular formula is C35H56N8O9S. The van der Waals surface area contributed by atoms with Gasteiger partial charge in [0.1, 0.15) is 19.3 Å². The lowest BCUT2D eigenvalue weighted by Crippen LogP contribution is -2.45. The quantitative estimate of drug-likeness (QED) is 0.0643. The Labute approximate surface area is 315 Å². The van der Waals surface area contributed by atoms with Gasteiger partial charge in [-0.1, -0.05) is 23.8 Å². The van der Waals surface area contributed by atoms with Crippen LogP contribution >= 0.6 is 11.8 Å². The van der Waals surface area contributed by atoms with Gasteiger partial charge in [-0.3, -0.25) is 9.59 Å². The van der Waals surface area contributed by atoms with Gasteiger partial charge >= 0.3 is 6.03 Å². The highest BCUT2D eigenvalue weighted by molar-refractivity contribution is 8.00. The fourth-order valence-corrected chi connectivity index (χ4v) is 7.63. The number of carbonyl (C=O) groups excluding carboxylic acids is 3. The molecule has 0 radical (unpaired) electrons. The summed E-state index contributed by atoms with van der Waals surface area (Å²) >= 11 is 1.95. The SMILES string of the molecule is CN(C)[C@H](CNC(=O)NCCc1cn(CCOCOCOCOCOCCNC(=O)CCCC[C@H]2SC[C@@H]3CC(=O)N[C@@H]32)nn1)Cc1ccc(O)cc1. The summed E-state index contributed by atoms with van der Waals surface area (Å²) in [6.45, 7) is 2.55. The number of thioether (sulfide) groups is 1. The third-order valence-electron chi connectivity index (χ3n) is 8.94. The number of phenolic OH excluding ortho intramolecular Hbond substituents is 1. The predicted octanol–water partition coefficient (Wildman–Crippen LogP) is 1.21. The van der Waals surface area contributed by atoms with Gasteiger partial charge in [-0.05, 0) is 62.7 Å². The number of aromatic hydroxyl groups is 1. The molecule has 17 nitrogen and oxygen atoms in total. The Morgan fingerprint density at radius 2 is 1.74 bits per heavy atom. The van der Waals surface area contributed by atoms with E-state index in [1.807, 2.05) is 44.2 Å². The maximum Gasteiger partial charge on any atom is 0.314 e. The number of amides is 4. The van der Waals surface area contributed by atoms with Crippen molar-refractivity contribution in [3.8, 4) is 5.75 Å². The van der Waals surface area contributed by atoms with Crippen LogP contribution in [0.1, 0.15) is 43.4 Å². The molecule has 5 N–H and O–H groups in total. The van der Waals surface area contributed by atoms with E-state index in [9.17, 15) is 19.5 Å². The van der Waals surface area contributed by atoms with Crippen molar-refractivity contribution in [1.82, 2.24) is 41.2 Å². The van der Waals surface area contributed by atoms with Gasteiger partial charge in [-0.2, -0.15) is 11.8 Å². The van der Waals surface area contributed by atoms with Crippen LogP contribution in [-0.2, 0) is 52.7 Å². The van der Waals surface area contributed by atoms with Gasteiger partial charge in [-0.25, -0.2) is 9.48 Å². The van der Waals surface area contributed by atoms with E-state index in [1.165, 1.54) is 0 Å². The van der Waals surface area contributed by atoms with Crippen LogP contribution in [0.3, 0.4) is 0 Å². The second kappa shape index (κ2) is 24.0. The van der Waals surface area contributed by atoms with Crippen molar-refractivity contribution in [2.45, 2.75) is 68.8 Å². The fraction of sp³-hybridized carbons (Fsp3) is 0.686. The zero-order valence-corrected chi connectivity index (χ0v) is 31.7. The molecule has 18 heteroatoms. The number of hydrogen-bond donors (Lipinski definition) is 5. The number of carbonyl (C=O) groups is 3. The minimum Gasteiger partial charge on any atom is -0.508 e. The molecule has 1 aromatic carbocycles. The van der Waals surface area contributed by atoms with Crippen molar-refractivity contribution in [1.29, 1.82) is 0 Å². The molecule has 0 spiro atoms. The van der Waals surface area contributed by atoms with Crippen LogP contribution in [0.5, 0.6) is 5.75 Å². The molecule has 296 valence electrons. The van der Waals surface area contributed by atoms with Crippen molar-refractivity contribution in [2.24, 2.45) is 5.92 Å². The maximum atomic E-state index is 12.3. The van der Waals surface area contributed by atoms with Crippen LogP contribution in [-0.4, -0.2) is 140 Å². The van der Waals surface area contributed by atoms with Gasteiger partial charge in [0.25, 0.3) is 0 Å². The Bertz CT molecular complexity index is 1370. The number of nitrogens with zero attached hydrogens (tertiary/aromatic N) is 4. The monoisotopic (exact) mass is 764 g/mol. The number of phenols is 1. The molecule has 2 fully saturated rings. The van der Waals surface area contributed by atoms with Crippen molar-refractivity contribution in [3.63, 3.8) is 0 Å². The van der Waals surface area contributed by atoms with E-state index >= 15 is 0 Å². The van der Waals surface area contributed by atoms with E-state index in [0.717, 1.165) is 42.7 Å². The Kier molecular flexibility index (Phi) is 19.1. The van der Waals surface area contributed by atoms with E-state index in [2.05, 4.69) is 36.5 Å². The number of aromatic nitrogens is 3. The molecule has 4 atom stereocenters. The van der Waals surface area contributed by atoms with Crippen LogP contribution in [0.2, 0.25) is 0 Å². The predicted molar refractivity (Wildman–Crippen MR) is 197 cm³/mol. The lowest BCUT2D eigenvalue weighted by atomic mass is 9.97. The van der Waals surface area contributed by atoms with Gasteiger partial charge in [0, 0.05) is 62.4 Å². The smallest absolute Gasteiger partial charge is 0.314 e. The number of benzene rings is 1. The van der Waals surface area contributed by atoms with Crippen LogP contribution in [0, 0.1) is 5.92 Å². The van der Waals surface area contributed by atoms with Gasteiger partial charge in [-0.15, -0.1) is 5.10 Å². The molecule has 2 saturated heterocycles. The van der Waals surface area contributed by atoms with Crippen LogP contribution in [0.15, 0.2) is 30.5 Å². The zero-order chi connectivity index (χ0) is 37.7. The second-order valence-electron chi connectivity index (χ2n) is 13.3. The van der Waals surface area contributed by atoms with E-state index in [4.69, 9.17) is 23.7 Å². The summed E-state index contributed by atoms with van der Waals surface area (Å²) < 4.78 is 28.2. The van der Waals surface area contributed by atoms with E-state index in [-0.39, 0.29) is 56.8 Å². The number of hydrogen-bond acceptors (Lipinski definition) is 13. The Balaban J connectivity index is 0.883. The number of likely N-dealkylation sites (N-methyl/N-ethyl adjacent to an activating group) is 1. The van der Waals surface area contributed by atoms with Crippen molar-refractivity contribution < 1.29 is 43.2 Å². The number of ether oxygens (including phenoxy) is 5. The summed E-state index contributed by atoms with van der Waals surface area (Å²) in [6.07, 6.45) is 7.07. The number of unbranched alkanes of at least 4 members (excludes halogenated alkanes) is 1. The highest BCUT2D eigenvalue weighted by atomic mass is 32.2. The highest BCUT2D eigenvalue weighted by Crippen LogP contribution is 2.39. The van der Waals surface area contributed by atoms with Crippen molar-refractivity contribution >= 4 is 29.6 Å². The largest absolute Gasteiger partial charge is 0.508 e. The van der Waals surface area contributed by atoms with E-state index in [1.54, 1.807) is 16.8 Å². The summed E-state index contributed by atoms with van der Waals surface area (Å²) in [7, 11) is 3.94. The minimum atomic E-state index is -0.248. The van der Waals surface area contributed by atoms with Gasteiger partial charge < -0.3 is 55.0 Å². The van der Waals surface area contributed by atoms with E-state index in [0.29, 0.717) is 75.9 Å². The summed E-state index contributed by atoms with van der Waals surface area (Å²) in [6, 6.07) is 7.26. The lowest BCUT2D eigenvalue weighted by Gasteiger charge is -2.25. The summed E-state index contributed by atoms with van der Waals surface area (Å²) in [4.78, 5) is 38.0. The molecule has 53 heavy (non-hydrogen) atoms. The topological polar surface area (TPSA) is 200 Å². The Morgan fingerprint density at radius 1 is 1.00 bits per heavy atom. The number of fused-ring (bicyclic) bond motifs is 1. The van der Waals surface area contributed by atoms with Crippen molar-refractivity contribution in [3.05, 3.63) is 41.7 Å². The molecule has 4 rings (SSSR count). The van der Waals surface area contributed by atoms with Crippen LogP contribution in [0.25, 0.3) is 0 Å². The number of urea groups is 1. The Morgan fingerprint density at radius 3 is 2.49 bits per heavy atom. The molecule has 2 aliphatic rings. The number of rotatable bonds is 27. The third-order valence-corrected chi connectivity index (χ3v) is 10.5. The molecule has 3 heterocycles. The summed E-state index contributed by atoms with van der Waals surface area (Å²) in [5.74, 6) is 1.95. The molecule has 2 aliphatic heterocycles. The second-order valence-corrected chi connectivity index (χ2v) is 14.5. The molecule has 1 aromatic heterocycles. The molecule has 0 saturated carbocycles. The normalized spacial score (nSPS) is 18.5. The minimum absolute atomic E-state index is 0.00632. The van der Waals surface area contributed by atoms with Gasteiger partial charge in [0.15, 0.2) is 13.6 Å². The average molecular weight is 765 g/mol. The molecule has 4 amide bonds. The highest BCUT2D eigenvalue weighted by Gasteiger charge is 2.42. The van der Waals surface area contributed by atoms with E-state index < -0.39 is 0 Å². The van der Waals surface area contributed by atoms with Crippen LogP contribution in [0.4, 0.5) is 4.79 Å². The first-order chi connectivity index (χ1) is 25.8. The third kappa shape index (κ3) is 16.6.